The van der Waals surface area contributed by atoms with E-state index in [0.29, 0.717) is 28.8 Å². The molecule has 186 valence electrons. The second kappa shape index (κ2) is 12.3. The smallest absolute Gasteiger partial charge is 0.305 e. The maximum Gasteiger partial charge on any atom is 0.305 e. The van der Waals surface area contributed by atoms with Crippen LogP contribution in [0.1, 0.15) is 38.3 Å². The molecule has 0 saturated heterocycles. The van der Waals surface area contributed by atoms with Crippen molar-refractivity contribution >= 4 is 17.8 Å². The molecule has 0 fully saturated rings. The molecule has 3 aromatic carbocycles. The minimum atomic E-state index is -0.977. The van der Waals surface area contributed by atoms with Gasteiger partial charge < -0.3 is 15.3 Å². The van der Waals surface area contributed by atoms with Crippen LogP contribution >= 0.6 is 0 Å². The number of carboxylic acids is 1. The predicted octanol–water partition coefficient (Wildman–Crippen LogP) is 4.80. The summed E-state index contributed by atoms with van der Waals surface area (Å²) in [7, 11) is 0. The Bertz CT molecular complexity index is 1370. The van der Waals surface area contributed by atoms with Crippen molar-refractivity contribution in [3.8, 4) is 11.1 Å². The quantitative estimate of drug-likeness (QED) is 0.331. The van der Waals surface area contributed by atoms with Crippen molar-refractivity contribution in [2.45, 2.75) is 19.5 Å². The molecular formula is C30H27N3O4. The number of pyridine rings is 1. The lowest BCUT2D eigenvalue weighted by Crippen LogP contribution is -2.33. The Morgan fingerprint density at radius 3 is 2.05 bits per heavy atom. The van der Waals surface area contributed by atoms with Crippen molar-refractivity contribution in [2.24, 2.45) is 0 Å². The largest absolute Gasteiger partial charge is 0.481 e. The van der Waals surface area contributed by atoms with Crippen molar-refractivity contribution < 1.29 is 19.5 Å². The Hall–Kier alpha value is -4.78. The number of carbonyl (C=O) groups excluding carboxylic acids is 2. The first-order valence-corrected chi connectivity index (χ1v) is 11.9. The van der Waals surface area contributed by atoms with Gasteiger partial charge in [0.1, 0.15) is 0 Å². The van der Waals surface area contributed by atoms with E-state index >= 15 is 0 Å². The first-order chi connectivity index (χ1) is 18.0. The van der Waals surface area contributed by atoms with Crippen LogP contribution in [0.2, 0.25) is 0 Å². The van der Waals surface area contributed by atoms with Crippen LogP contribution in [-0.4, -0.2) is 39.3 Å². The number of nitrogens with zero attached hydrogens (tertiary/aromatic N) is 2. The normalized spacial score (nSPS) is 10.5. The Kier molecular flexibility index (Phi) is 8.39. The fourth-order valence-electron chi connectivity index (χ4n) is 4.06. The van der Waals surface area contributed by atoms with Crippen molar-refractivity contribution in [1.82, 2.24) is 15.2 Å². The van der Waals surface area contributed by atoms with Gasteiger partial charge in [0.15, 0.2) is 0 Å². The summed E-state index contributed by atoms with van der Waals surface area (Å²) in [5.74, 6) is -1.55. The number of carboxylic acid groups (broad SMARTS) is 1. The Balaban J connectivity index is 1.64. The summed E-state index contributed by atoms with van der Waals surface area (Å²) in [6, 6.07) is 27.4. The van der Waals surface area contributed by atoms with Gasteiger partial charge in [0, 0.05) is 43.2 Å². The van der Waals surface area contributed by atoms with Crippen LogP contribution in [0, 0.1) is 0 Å². The summed E-state index contributed by atoms with van der Waals surface area (Å²) >= 11 is 0. The molecule has 0 aliphatic carbocycles. The second-order valence-electron chi connectivity index (χ2n) is 8.49. The first kappa shape index (κ1) is 25.3. The van der Waals surface area contributed by atoms with E-state index in [1.54, 1.807) is 42.7 Å². The number of nitrogens with one attached hydrogen (secondary N) is 1. The standard InChI is InChI=1S/C30H27N3O4/c34-28(35)16-18-33(21-22-9-2-1-3-10-22)30(37)27-15-7-5-13-25(27)24-12-4-6-14-26(24)29(36)32-20-23-11-8-17-31-19-23/h1-15,17,19H,16,18,20-21H2,(H,32,36)(H,34,35). The highest BCUT2D eigenvalue weighted by molar-refractivity contribution is 6.06. The van der Waals surface area contributed by atoms with E-state index in [0.717, 1.165) is 11.1 Å². The summed E-state index contributed by atoms with van der Waals surface area (Å²) < 4.78 is 0. The number of hydrogen-bond donors (Lipinski definition) is 2. The van der Waals surface area contributed by atoms with Crippen molar-refractivity contribution in [3.05, 3.63) is 126 Å². The van der Waals surface area contributed by atoms with Crippen LogP contribution in [0.4, 0.5) is 0 Å². The third kappa shape index (κ3) is 6.67. The molecule has 2 N–H and O–H groups in total. The zero-order chi connectivity index (χ0) is 26.0. The molecule has 4 rings (SSSR count). The van der Waals surface area contributed by atoms with Gasteiger partial charge in [0.05, 0.1) is 6.42 Å². The average molecular weight is 494 g/mol. The number of hydrogen-bond acceptors (Lipinski definition) is 4. The Morgan fingerprint density at radius 2 is 1.38 bits per heavy atom. The van der Waals surface area contributed by atoms with Gasteiger partial charge in [0.25, 0.3) is 11.8 Å². The van der Waals surface area contributed by atoms with Gasteiger partial charge in [-0.15, -0.1) is 0 Å². The lowest BCUT2D eigenvalue weighted by Gasteiger charge is -2.24. The molecule has 7 heteroatoms. The Labute approximate surface area is 215 Å². The molecule has 0 aliphatic heterocycles. The third-order valence-corrected chi connectivity index (χ3v) is 5.89. The summed E-state index contributed by atoms with van der Waals surface area (Å²) in [4.78, 5) is 43.8. The zero-order valence-corrected chi connectivity index (χ0v) is 20.2. The van der Waals surface area contributed by atoms with Crippen LogP contribution in [0.5, 0.6) is 0 Å². The van der Waals surface area contributed by atoms with Crippen molar-refractivity contribution in [1.29, 1.82) is 0 Å². The zero-order valence-electron chi connectivity index (χ0n) is 20.2. The number of carbonyl (C=O) groups is 3. The number of aromatic nitrogens is 1. The molecule has 0 spiro atoms. The molecule has 0 saturated carbocycles. The van der Waals surface area contributed by atoms with Crippen LogP contribution in [-0.2, 0) is 17.9 Å². The first-order valence-electron chi connectivity index (χ1n) is 11.9. The molecule has 0 atom stereocenters. The molecule has 7 nitrogen and oxygen atoms in total. The fourth-order valence-corrected chi connectivity index (χ4v) is 4.06. The van der Waals surface area contributed by atoms with Crippen LogP contribution < -0.4 is 5.32 Å². The number of rotatable bonds is 10. The monoisotopic (exact) mass is 493 g/mol. The van der Waals surface area contributed by atoms with Gasteiger partial charge in [-0.1, -0.05) is 72.8 Å². The Morgan fingerprint density at radius 1 is 0.757 bits per heavy atom. The van der Waals surface area contributed by atoms with Crippen LogP contribution in [0.25, 0.3) is 11.1 Å². The highest BCUT2D eigenvalue weighted by Gasteiger charge is 2.22. The van der Waals surface area contributed by atoms with E-state index in [1.807, 2.05) is 60.7 Å². The van der Waals surface area contributed by atoms with Gasteiger partial charge in [-0.2, -0.15) is 0 Å². The summed E-state index contributed by atoms with van der Waals surface area (Å²) in [6.45, 7) is 0.654. The van der Waals surface area contributed by atoms with Crippen molar-refractivity contribution in [2.75, 3.05) is 6.54 Å². The second-order valence-corrected chi connectivity index (χ2v) is 8.49. The van der Waals surface area contributed by atoms with Gasteiger partial charge in [-0.3, -0.25) is 19.4 Å². The lowest BCUT2D eigenvalue weighted by atomic mass is 9.94. The topological polar surface area (TPSA) is 99.6 Å². The van der Waals surface area contributed by atoms with Gasteiger partial charge in [-0.05, 0) is 40.5 Å². The molecule has 1 aromatic heterocycles. The lowest BCUT2D eigenvalue weighted by molar-refractivity contribution is -0.137. The molecule has 0 aliphatic rings. The molecule has 37 heavy (non-hydrogen) atoms. The van der Waals surface area contributed by atoms with E-state index in [-0.39, 0.29) is 31.3 Å². The van der Waals surface area contributed by atoms with Gasteiger partial charge in [-0.25, -0.2) is 0 Å². The predicted molar refractivity (Wildman–Crippen MR) is 141 cm³/mol. The van der Waals surface area contributed by atoms with Crippen LogP contribution in [0.3, 0.4) is 0 Å². The van der Waals surface area contributed by atoms with Crippen LogP contribution in [0.15, 0.2) is 103 Å². The molecule has 0 radical (unpaired) electrons. The van der Waals surface area contributed by atoms with E-state index < -0.39 is 5.97 Å². The molecule has 2 amide bonds. The van der Waals surface area contributed by atoms with Crippen molar-refractivity contribution in [3.63, 3.8) is 0 Å². The minimum Gasteiger partial charge on any atom is -0.481 e. The molecule has 4 aromatic rings. The summed E-state index contributed by atoms with van der Waals surface area (Å²) in [6.07, 6.45) is 3.19. The summed E-state index contributed by atoms with van der Waals surface area (Å²) in [5, 5.41) is 12.2. The molecular weight excluding hydrogens is 466 g/mol. The molecule has 0 unspecified atom stereocenters. The summed E-state index contributed by atoms with van der Waals surface area (Å²) in [5.41, 5.74) is 3.83. The SMILES string of the molecule is O=C(O)CCN(Cc1ccccc1)C(=O)c1ccccc1-c1ccccc1C(=O)NCc1cccnc1. The molecule has 1 heterocycles. The van der Waals surface area contributed by atoms with Gasteiger partial charge in [0.2, 0.25) is 0 Å². The highest BCUT2D eigenvalue weighted by atomic mass is 16.4. The number of benzene rings is 3. The maximum absolute atomic E-state index is 13.8. The van der Waals surface area contributed by atoms with E-state index in [9.17, 15) is 19.5 Å². The average Bonchev–Trinajstić information content (AvgIpc) is 2.94. The molecule has 0 bridgehead atoms. The maximum atomic E-state index is 13.8. The third-order valence-electron chi connectivity index (χ3n) is 5.89. The minimum absolute atomic E-state index is 0.0602. The highest BCUT2D eigenvalue weighted by Crippen LogP contribution is 2.29. The fraction of sp³-hybridized carbons (Fsp3) is 0.133. The van der Waals surface area contributed by atoms with E-state index in [1.165, 1.54) is 4.90 Å². The number of amides is 2. The van der Waals surface area contributed by atoms with E-state index in [4.69, 9.17) is 0 Å². The number of aliphatic carboxylic acids is 1. The van der Waals surface area contributed by atoms with Gasteiger partial charge >= 0.3 is 5.97 Å². The van der Waals surface area contributed by atoms with E-state index in [2.05, 4.69) is 10.3 Å².